The van der Waals surface area contributed by atoms with Crippen molar-refractivity contribution in [3.05, 3.63) is 63.6 Å². The van der Waals surface area contributed by atoms with Crippen molar-refractivity contribution in [2.24, 2.45) is 5.92 Å². The van der Waals surface area contributed by atoms with Gasteiger partial charge in [-0.1, -0.05) is 53.5 Å². The molecule has 2 aromatic rings. The van der Waals surface area contributed by atoms with Crippen molar-refractivity contribution in [3.63, 3.8) is 0 Å². The van der Waals surface area contributed by atoms with E-state index in [1.807, 2.05) is 62.4 Å². The number of carbonyl (C=O) groups is 2. The van der Waals surface area contributed by atoms with Crippen molar-refractivity contribution in [2.45, 2.75) is 51.1 Å². The third kappa shape index (κ3) is 9.26. The van der Waals surface area contributed by atoms with Crippen LogP contribution in [0.5, 0.6) is 0 Å². The minimum atomic E-state index is -0.529. The largest absolute Gasteiger partial charge is 0.354 e. The molecule has 4 nitrogen and oxygen atoms in total. The van der Waals surface area contributed by atoms with E-state index in [0.29, 0.717) is 30.5 Å². The smallest absolute Gasteiger partial charge is 0.242 e. The molecule has 2 amide bonds. The molecule has 1 atom stereocenters. The van der Waals surface area contributed by atoms with Gasteiger partial charge in [-0.25, -0.2) is 0 Å². The Bertz CT molecular complexity index is 844. The van der Waals surface area contributed by atoms with Gasteiger partial charge in [-0.3, -0.25) is 9.59 Å². The third-order valence-corrected chi connectivity index (χ3v) is 6.61. The molecule has 31 heavy (non-hydrogen) atoms. The topological polar surface area (TPSA) is 49.4 Å². The first-order chi connectivity index (χ1) is 14.8. The van der Waals surface area contributed by atoms with Crippen molar-refractivity contribution < 1.29 is 9.59 Å². The Balaban J connectivity index is 1.97. The van der Waals surface area contributed by atoms with Gasteiger partial charge in [0.1, 0.15) is 6.04 Å². The highest BCUT2D eigenvalue weighted by Crippen LogP contribution is 2.22. The highest BCUT2D eigenvalue weighted by Gasteiger charge is 2.25. The molecule has 1 N–H and O–H groups in total. The Kier molecular flexibility index (Phi) is 10.9. The van der Waals surface area contributed by atoms with Crippen LogP contribution in [0.4, 0.5) is 0 Å². The monoisotopic (exact) mass is 524 g/mol. The lowest BCUT2D eigenvalue weighted by atomic mass is 10.1. The van der Waals surface area contributed by atoms with Crippen LogP contribution in [-0.4, -0.2) is 35.1 Å². The first kappa shape index (κ1) is 25.8. The lowest BCUT2D eigenvalue weighted by Crippen LogP contribution is -2.48. The molecule has 0 saturated carbocycles. The fourth-order valence-electron chi connectivity index (χ4n) is 2.91. The number of halogens is 2. The molecule has 0 aliphatic rings. The minimum absolute atomic E-state index is 0.00757. The Hall–Kier alpha value is -1.50. The summed E-state index contributed by atoms with van der Waals surface area (Å²) >= 11 is 11.1. The van der Waals surface area contributed by atoms with E-state index < -0.39 is 6.04 Å². The summed E-state index contributed by atoms with van der Waals surface area (Å²) in [4.78, 5) is 28.5. The van der Waals surface area contributed by atoms with Crippen molar-refractivity contribution in [1.82, 2.24) is 10.2 Å². The van der Waals surface area contributed by atoms with Crippen molar-refractivity contribution in [1.29, 1.82) is 0 Å². The van der Waals surface area contributed by atoms with Gasteiger partial charge < -0.3 is 10.2 Å². The Morgan fingerprint density at radius 1 is 1.06 bits per heavy atom. The first-order valence-corrected chi connectivity index (χ1v) is 12.6. The molecule has 2 aromatic carbocycles. The van der Waals surface area contributed by atoms with E-state index in [1.165, 1.54) is 0 Å². The molecular formula is C24H30BrClN2O2S. The summed E-state index contributed by atoms with van der Waals surface area (Å²) < 4.78 is 0.982. The van der Waals surface area contributed by atoms with Crippen molar-refractivity contribution >= 4 is 51.1 Å². The number of amides is 2. The molecule has 0 aliphatic heterocycles. The third-order valence-electron chi connectivity index (χ3n) is 4.74. The molecule has 0 fully saturated rings. The molecule has 0 bridgehead atoms. The zero-order valence-corrected chi connectivity index (χ0v) is 21.4. The predicted octanol–water partition coefficient (Wildman–Crippen LogP) is 6.16. The molecule has 0 aliphatic carbocycles. The second kappa shape index (κ2) is 13.1. The van der Waals surface area contributed by atoms with Crippen LogP contribution in [0, 0.1) is 5.92 Å². The number of hydrogen-bond acceptors (Lipinski definition) is 3. The highest BCUT2D eigenvalue weighted by molar-refractivity contribution is 9.10. The summed E-state index contributed by atoms with van der Waals surface area (Å²) in [6, 6.07) is 15.0. The lowest BCUT2D eigenvalue weighted by Gasteiger charge is -2.29. The number of hydrogen-bond donors (Lipinski definition) is 1. The fourth-order valence-corrected chi connectivity index (χ4v) is 4.15. The summed E-state index contributed by atoms with van der Waals surface area (Å²) in [7, 11) is 0. The summed E-state index contributed by atoms with van der Waals surface area (Å²) in [5.41, 5.74) is 0.996. The number of nitrogens with zero attached hydrogens (tertiary/aromatic N) is 1. The van der Waals surface area contributed by atoms with E-state index in [4.69, 9.17) is 11.6 Å². The summed E-state index contributed by atoms with van der Waals surface area (Å²) in [6.07, 6.45) is 1.14. The molecule has 0 radical (unpaired) electrons. The predicted molar refractivity (Wildman–Crippen MR) is 133 cm³/mol. The maximum absolute atomic E-state index is 13.1. The van der Waals surface area contributed by atoms with Crippen molar-refractivity contribution in [2.75, 3.05) is 12.3 Å². The number of carbonyl (C=O) groups excluding carboxylic acids is 2. The van der Waals surface area contributed by atoms with Crippen LogP contribution in [0.15, 0.2) is 57.9 Å². The Morgan fingerprint density at radius 2 is 1.71 bits per heavy atom. The fraction of sp³-hybridized carbons (Fsp3) is 0.417. The standard InChI is InChI=1S/C24H30BrClN2O2S/c1-17(2)15-27-24(30)18(3)28(16-19-6-8-20(25)9-7-19)23(29)5-4-14-31-22-12-10-21(26)11-13-22/h6-13,17-18H,4-5,14-16H2,1-3H3,(H,27,30)/t18-/m0/s1. The Labute approximate surface area is 203 Å². The average molecular weight is 526 g/mol. The SMILES string of the molecule is CC(C)CNC(=O)[C@H](C)N(Cc1ccc(Br)cc1)C(=O)CCCSc1ccc(Cl)cc1. The second-order valence-corrected chi connectivity index (χ2v) is 10.4. The van der Waals surface area contributed by atoms with Crippen LogP contribution in [0.2, 0.25) is 5.02 Å². The zero-order valence-electron chi connectivity index (χ0n) is 18.2. The molecule has 2 rings (SSSR count). The normalized spacial score (nSPS) is 11.9. The van der Waals surface area contributed by atoms with E-state index in [0.717, 1.165) is 27.1 Å². The number of nitrogens with one attached hydrogen (secondary N) is 1. The van der Waals surface area contributed by atoms with Crippen LogP contribution in [-0.2, 0) is 16.1 Å². The van der Waals surface area contributed by atoms with Crippen LogP contribution < -0.4 is 5.32 Å². The quantitative estimate of drug-likeness (QED) is 0.282. The molecule has 0 aromatic heterocycles. The number of thioether (sulfide) groups is 1. The van der Waals surface area contributed by atoms with Gasteiger partial charge in [0.2, 0.25) is 11.8 Å². The number of benzene rings is 2. The summed E-state index contributed by atoms with van der Waals surface area (Å²) in [6.45, 7) is 6.91. The van der Waals surface area contributed by atoms with Gasteiger partial charge in [0, 0.05) is 33.9 Å². The van der Waals surface area contributed by atoms with Gasteiger partial charge in [-0.15, -0.1) is 11.8 Å². The van der Waals surface area contributed by atoms with Gasteiger partial charge in [0.15, 0.2) is 0 Å². The van der Waals surface area contributed by atoms with Crippen LogP contribution in [0.25, 0.3) is 0 Å². The van der Waals surface area contributed by atoms with E-state index >= 15 is 0 Å². The molecule has 0 unspecified atom stereocenters. The van der Waals surface area contributed by atoms with E-state index in [9.17, 15) is 9.59 Å². The van der Waals surface area contributed by atoms with E-state index in [1.54, 1.807) is 23.6 Å². The second-order valence-electron chi connectivity index (χ2n) is 7.87. The van der Waals surface area contributed by atoms with Gasteiger partial charge in [-0.05, 0) is 67.0 Å². The van der Waals surface area contributed by atoms with Crippen molar-refractivity contribution in [3.8, 4) is 0 Å². The molecular weight excluding hydrogens is 496 g/mol. The summed E-state index contributed by atoms with van der Waals surface area (Å²) in [5.74, 6) is 1.06. The number of rotatable bonds is 11. The Morgan fingerprint density at radius 3 is 2.32 bits per heavy atom. The molecule has 0 heterocycles. The maximum Gasteiger partial charge on any atom is 0.242 e. The highest BCUT2D eigenvalue weighted by atomic mass is 79.9. The molecule has 0 spiro atoms. The molecule has 7 heteroatoms. The zero-order chi connectivity index (χ0) is 22.8. The van der Waals surface area contributed by atoms with Crippen LogP contribution >= 0.6 is 39.3 Å². The lowest BCUT2D eigenvalue weighted by molar-refractivity contribution is -0.140. The van der Waals surface area contributed by atoms with Gasteiger partial charge in [-0.2, -0.15) is 0 Å². The van der Waals surface area contributed by atoms with E-state index in [2.05, 4.69) is 21.2 Å². The van der Waals surface area contributed by atoms with E-state index in [-0.39, 0.29) is 11.8 Å². The van der Waals surface area contributed by atoms with Crippen LogP contribution in [0.1, 0.15) is 39.2 Å². The summed E-state index contributed by atoms with van der Waals surface area (Å²) in [5, 5.41) is 3.67. The average Bonchev–Trinajstić information content (AvgIpc) is 2.75. The van der Waals surface area contributed by atoms with Crippen LogP contribution in [0.3, 0.4) is 0 Å². The molecule has 168 valence electrons. The van der Waals surface area contributed by atoms with Gasteiger partial charge in [0.25, 0.3) is 0 Å². The molecule has 0 saturated heterocycles. The van der Waals surface area contributed by atoms with Gasteiger partial charge in [0.05, 0.1) is 0 Å². The first-order valence-electron chi connectivity index (χ1n) is 10.5. The van der Waals surface area contributed by atoms with Gasteiger partial charge >= 0.3 is 0 Å². The minimum Gasteiger partial charge on any atom is -0.354 e. The maximum atomic E-state index is 13.1.